The van der Waals surface area contributed by atoms with Crippen LogP contribution in [0.2, 0.25) is 0 Å². The van der Waals surface area contributed by atoms with E-state index >= 15 is 0 Å². The van der Waals surface area contributed by atoms with Crippen LogP contribution < -0.4 is 4.72 Å². The predicted octanol–water partition coefficient (Wildman–Crippen LogP) is -0.332. The Morgan fingerprint density at radius 2 is 1.83 bits per heavy atom. The second-order valence-electron chi connectivity index (χ2n) is 4.26. The maximum Gasteiger partial charge on any atom is 0.322 e. The van der Waals surface area contributed by atoms with Crippen molar-refractivity contribution in [1.82, 2.24) is 4.72 Å². The number of carbonyl (C=O) groups excluding carboxylic acids is 2. The van der Waals surface area contributed by atoms with Gasteiger partial charge >= 0.3 is 11.9 Å². The van der Waals surface area contributed by atoms with Crippen LogP contribution in [0.3, 0.4) is 0 Å². The molecule has 0 aromatic rings. The van der Waals surface area contributed by atoms with Crippen molar-refractivity contribution in [2.24, 2.45) is 5.41 Å². The van der Waals surface area contributed by atoms with E-state index in [1.54, 1.807) is 6.92 Å². The van der Waals surface area contributed by atoms with Gasteiger partial charge in [-0.15, -0.1) is 0 Å². The molecular formula is C10H19NO6S. The van der Waals surface area contributed by atoms with Gasteiger partial charge in [-0.1, -0.05) is 0 Å². The maximum atomic E-state index is 11.5. The quantitative estimate of drug-likeness (QED) is 0.641. The van der Waals surface area contributed by atoms with E-state index in [0.717, 1.165) is 0 Å². The van der Waals surface area contributed by atoms with Gasteiger partial charge in [0.15, 0.2) is 5.75 Å². The average Bonchev–Trinajstić information content (AvgIpc) is 2.25. The summed E-state index contributed by atoms with van der Waals surface area (Å²) in [6, 6.07) is 0. The number of hydrogen-bond acceptors (Lipinski definition) is 6. The highest BCUT2D eigenvalue weighted by Crippen LogP contribution is 2.15. The molecule has 8 heteroatoms. The molecule has 0 heterocycles. The fourth-order valence-corrected chi connectivity index (χ4v) is 2.12. The molecule has 0 bridgehead atoms. The van der Waals surface area contributed by atoms with Gasteiger partial charge in [0.1, 0.15) is 0 Å². The molecule has 0 aliphatic heterocycles. The smallest absolute Gasteiger partial charge is 0.322 e. The summed E-state index contributed by atoms with van der Waals surface area (Å²) in [6.07, 6.45) is 0. The van der Waals surface area contributed by atoms with E-state index in [-0.39, 0.29) is 13.2 Å². The first-order valence-corrected chi connectivity index (χ1v) is 7.01. The fraction of sp³-hybridized carbons (Fsp3) is 0.800. The van der Waals surface area contributed by atoms with Gasteiger partial charge in [0, 0.05) is 6.54 Å². The summed E-state index contributed by atoms with van der Waals surface area (Å²) in [5, 5.41) is 0. The zero-order valence-electron chi connectivity index (χ0n) is 11.0. The van der Waals surface area contributed by atoms with Crippen molar-refractivity contribution in [3.05, 3.63) is 0 Å². The van der Waals surface area contributed by atoms with Gasteiger partial charge in [0.05, 0.1) is 19.1 Å². The summed E-state index contributed by atoms with van der Waals surface area (Å²) >= 11 is 0. The number of sulfonamides is 1. The fourth-order valence-electron chi connectivity index (χ4n) is 1.05. The monoisotopic (exact) mass is 281 g/mol. The lowest BCUT2D eigenvalue weighted by molar-refractivity contribution is -0.150. The molecule has 0 aromatic carbocycles. The van der Waals surface area contributed by atoms with E-state index in [9.17, 15) is 18.0 Å². The summed E-state index contributed by atoms with van der Waals surface area (Å²) < 4.78 is 34.3. The van der Waals surface area contributed by atoms with Crippen LogP contribution in [0.4, 0.5) is 0 Å². The molecule has 0 atom stereocenters. The van der Waals surface area contributed by atoms with Crippen molar-refractivity contribution in [2.75, 3.05) is 26.0 Å². The number of methoxy groups -OCH3 is 1. The average molecular weight is 281 g/mol. The third kappa shape index (κ3) is 5.97. The van der Waals surface area contributed by atoms with Crippen molar-refractivity contribution in [3.63, 3.8) is 0 Å². The van der Waals surface area contributed by atoms with Crippen LogP contribution in [-0.4, -0.2) is 46.4 Å². The first-order valence-electron chi connectivity index (χ1n) is 5.36. The van der Waals surface area contributed by atoms with Crippen molar-refractivity contribution in [1.29, 1.82) is 0 Å². The molecule has 7 nitrogen and oxygen atoms in total. The van der Waals surface area contributed by atoms with Gasteiger partial charge < -0.3 is 9.47 Å². The molecule has 0 radical (unpaired) electrons. The number of carbonyl (C=O) groups is 2. The van der Waals surface area contributed by atoms with Crippen LogP contribution >= 0.6 is 0 Å². The van der Waals surface area contributed by atoms with Crippen LogP contribution in [-0.2, 0) is 29.1 Å². The van der Waals surface area contributed by atoms with Crippen LogP contribution in [0, 0.1) is 5.41 Å². The SMILES string of the molecule is CCOC(=O)CS(=O)(=O)NCC(C)(C)C(=O)OC. The number of rotatable bonds is 7. The molecule has 18 heavy (non-hydrogen) atoms. The molecule has 0 spiro atoms. The number of hydrogen-bond donors (Lipinski definition) is 1. The van der Waals surface area contributed by atoms with Gasteiger partial charge in [-0.25, -0.2) is 13.1 Å². The van der Waals surface area contributed by atoms with E-state index in [2.05, 4.69) is 14.2 Å². The Balaban J connectivity index is 4.44. The minimum Gasteiger partial charge on any atom is -0.469 e. The number of ether oxygens (including phenoxy) is 2. The topological polar surface area (TPSA) is 98.8 Å². The summed E-state index contributed by atoms with van der Waals surface area (Å²) in [4.78, 5) is 22.4. The van der Waals surface area contributed by atoms with Gasteiger partial charge in [-0.05, 0) is 20.8 Å². The zero-order valence-corrected chi connectivity index (χ0v) is 11.8. The third-order valence-corrected chi connectivity index (χ3v) is 3.29. The Bertz CT molecular complexity index is 401. The highest BCUT2D eigenvalue weighted by Gasteiger charge is 2.30. The molecular weight excluding hydrogens is 262 g/mol. The molecule has 0 aromatic heterocycles. The number of nitrogens with one attached hydrogen (secondary N) is 1. The van der Waals surface area contributed by atoms with Crippen molar-refractivity contribution in [3.8, 4) is 0 Å². The predicted molar refractivity (Wildman–Crippen MR) is 64.2 cm³/mol. The molecule has 0 rings (SSSR count). The minimum atomic E-state index is -3.81. The standard InChI is InChI=1S/C10H19NO6S/c1-5-17-8(12)6-18(14,15)11-7-10(2,3)9(13)16-4/h11H,5-7H2,1-4H3. The van der Waals surface area contributed by atoms with E-state index in [1.165, 1.54) is 21.0 Å². The Labute approximate surface area is 107 Å². The van der Waals surface area contributed by atoms with E-state index in [0.29, 0.717) is 0 Å². The molecule has 0 fully saturated rings. The van der Waals surface area contributed by atoms with E-state index in [1.807, 2.05) is 0 Å². The van der Waals surface area contributed by atoms with Gasteiger partial charge in [0.25, 0.3) is 0 Å². The highest BCUT2D eigenvalue weighted by atomic mass is 32.2. The normalized spacial score (nSPS) is 12.0. The third-order valence-electron chi connectivity index (χ3n) is 2.09. The minimum absolute atomic E-state index is 0.113. The maximum absolute atomic E-state index is 11.5. The lowest BCUT2D eigenvalue weighted by Gasteiger charge is -2.21. The Morgan fingerprint density at radius 3 is 2.28 bits per heavy atom. The second-order valence-corrected chi connectivity index (χ2v) is 6.07. The summed E-state index contributed by atoms with van der Waals surface area (Å²) in [5.41, 5.74) is -1.00. The number of esters is 2. The molecule has 0 unspecified atom stereocenters. The molecule has 0 aliphatic carbocycles. The Morgan fingerprint density at radius 1 is 1.28 bits per heavy atom. The van der Waals surface area contributed by atoms with Crippen LogP contribution in [0.15, 0.2) is 0 Å². The van der Waals surface area contributed by atoms with Crippen LogP contribution in [0.25, 0.3) is 0 Å². The largest absolute Gasteiger partial charge is 0.469 e. The summed E-state index contributed by atoms with van der Waals surface area (Å²) in [7, 11) is -2.59. The van der Waals surface area contributed by atoms with Gasteiger partial charge in [-0.2, -0.15) is 0 Å². The van der Waals surface area contributed by atoms with E-state index in [4.69, 9.17) is 0 Å². The van der Waals surface area contributed by atoms with Crippen LogP contribution in [0.1, 0.15) is 20.8 Å². The lowest BCUT2D eigenvalue weighted by Crippen LogP contribution is -2.41. The molecule has 106 valence electrons. The first kappa shape index (κ1) is 16.9. The van der Waals surface area contributed by atoms with Gasteiger partial charge in [0.2, 0.25) is 10.0 Å². The zero-order chi connectivity index (χ0) is 14.4. The lowest BCUT2D eigenvalue weighted by atomic mass is 9.94. The molecule has 0 saturated carbocycles. The van der Waals surface area contributed by atoms with Crippen LogP contribution in [0.5, 0.6) is 0 Å². The molecule has 0 saturated heterocycles. The molecule has 1 N–H and O–H groups in total. The molecule has 0 amide bonds. The van der Waals surface area contributed by atoms with Crippen molar-refractivity contribution >= 4 is 22.0 Å². The Hall–Kier alpha value is -1.15. The highest BCUT2D eigenvalue weighted by molar-refractivity contribution is 7.90. The Kier molecular flexibility index (Phi) is 6.27. The summed E-state index contributed by atoms with van der Waals surface area (Å²) in [5.74, 6) is -2.14. The molecule has 0 aliphatic rings. The first-order chi connectivity index (χ1) is 8.14. The second kappa shape index (κ2) is 6.69. The van der Waals surface area contributed by atoms with Crippen molar-refractivity contribution in [2.45, 2.75) is 20.8 Å². The van der Waals surface area contributed by atoms with Gasteiger partial charge in [-0.3, -0.25) is 9.59 Å². The van der Waals surface area contributed by atoms with E-state index < -0.39 is 33.1 Å². The van der Waals surface area contributed by atoms with Crippen molar-refractivity contribution < 1.29 is 27.5 Å². The summed E-state index contributed by atoms with van der Waals surface area (Å²) in [6.45, 7) is 4.61.